The molecule has 2 heterocycles. The zero-order valence-electron chi connectivity index (χ0n) is 12.1. The maximum atomic E-state index is 12.3. The number of hydrogen-bond donors (Lipinski definition) is 1. The number of carbonyl (C=O) groups is 2. The second kappa shape index (κ2) is 6.10. The number of amides is 1. The van der Waals surface area contributed by atoms with Gasteiger partial charge >= 0.3 is 5.97 Å². The quantitative estimate of drug-likeness (QED) is 0.830. The van der Waals surface area contributed by atoms with E-state index in [4.69, 9.17) is 14.6 Å². The molecular weight excluding hydrogens is 262 g/mol. The molecule has 0 spiro atoms. The molecule has 2 aliphatic heterocycles. The zero-order chi connectivity index (χ0) is 14.8. The largest absolute Gasteiger partial charge is 0.481 e. The molecule has 0 aromatic carbocycles. The Morgan fingerprint density at radius 3 is 2.50 bits per heavy atom. The number of nitrogens with zero attached hydrogens (tertiary/aromatic N) is 1. The molecule has 2 rings (SSSR count). The minimum atomic E-state index is -0.870. The van der Waals surface area contributed by atoms with E-state index >= 15 is 0 Å². The van der Waals surface area contributed by atoms with Gasteiger partial charge in [0.2, 0.25) is 5.91 Å². The van der Waals surface area contributed by atoms with Gasteiger partial charge in [-0.2, -0.15) is 0 Å². The number of fused-ring (bicyclic) bond motifs is 1. The Bertz CT molecular complexity index is 382. The van der Waals surface area contributed by atoms with E-state index < -0.39 is 11.4 Å². The van der Waals surface area contributed by atoms with Gasteiger partial charge in [0.05, 0.1) is 25.7 Å². The van der Waals surface area contributed by atoms with Crippen LogP contribution in [-0.4, -0.2) is 60.4 Å². The number of likely N-dealkylation sites (tertiary alicyclic amines) is 1. The molecule has 0 unspecified atom stereocenters. The lowest BCUT2D eigenvalue weighted by Crippen LogP contribution is -2.53. The van der Waals surface area contributed by atoms with Crippen molar-refractivity contribution in [3.63, 3.8) is 0 Å². The third-order valence-electron chi connectivity index (χ3n) is 3.86. The molecule has 0 aromatic rings. The molecule has 20 heavy (non-hydrogen) atoms. The van der Waals surface area contributed by atoms with Crippen molar-refractivity contribution in [2.45, 2.75) is 45.3 Å². The number of rotatable bonds is 4. The Kier molecular flexibility index (Phi) is 4.65. The fourth-order valence-electron chi connectivity index (χ4n) is 2.86. The molecule has 6 nitrogen and oxygen atoms in total. The van der Waals surface area contributed by atoms with Gasteiger partial charge in [-0.1, -0.05) is 13.8 Å². The van der Waals surface area contributed by atoms with Crippen molar-refractivity contribution in [3.05, 3.63) is 0 Å². The summed E-state index contributed by atoms with van der Waals surface area (Å²) in [5.74, 6) is -0.866. The molecule has 0 aliphatic carbocycles. The van der Waals surface area contributed by atoms with E-state index in [0.29, 0.717) is 26.3 Å². The van der Waals surface area contributed by atoms with Crippen LogP contribution in [0.1, 0.15) is 33.1 Å². The number of ether oxygens (including phenoxy) is 2. The van der Waals surface area contributed by atoms with Gasteiger partial charge in [-0.25, -0.2) is 0 Å². The first-order valence-electron chi connectivity index (χ1n) is 7.10. The molecule has 1 N–H and O–H groups in total. The third-order valence-corrected chi connectivity index (χ3v) is 3.86. The van der Waals surface area contributed by atoms with Gasteiger partial charge in [0.15, 0.2) is 0 Å². The van der Waals surface area contributed by atoms with Gasteiger partial charge in [-0.15, -0.1) is 0 Å². The van der Waals surface area contributed by atoms with Crippen LogP contribution in [0.2, 0.25) is 0 Å². The van der Waals surface area contributed by atoms with Gasteiger partial charge < -0.3 is 19.5 Å². The number of aliphatic carboxylic acids is 1. The summed E-state index contributed by atoms with van der Waals surface area (Å²) < 4.78 is 11.3. The van der Waals surface area contributed by atoms with Crippen LogP contribution < -0.4 is 0 Å². The molecule has 6 heteroatoms. The molecule has 2 aliphatic rings. The van der Waals surface area contributed by atoms with Crippen LogP contribution in [0.25, 0.3) is 0 Å². The highest BCUT2D eigenvalue weighted by molar-refractivity contribution is 5.78. The van der Waals surface area contributed by atoms with Crippen molar-refractivity contribution < 1.29 is 24.2 Å². The highest BCUT2D eigenvalue weighted by Gasteiger charge is 2.36. The van der Waals surface area contributed by atoms with Crippen LogP contribution in [-0.2, 0) is 19.1 Å². The monoisotopic (exact) mass is 285 g/mol. The van der Waals surface area contributed by atoms with Crippen molar-refractivity contribution >= 4 is 11.9 Å². The minimum Gasteiger partial charge on any atom is -0.481 e. The molecule has 2 atom stereocenters. The summed E-state index contributed by atoms with van der Waals surface area (Å²) in [6.45, 7) is 6.03. The lowest BCUT2D eigenvalue weighted by atomic mass is 9.85. The molecule has 114 valence electrons. The smallest absolute Gasteiger partial charge is 0.303 e. The SMILES string of the molecule is CC(C)(CC(=O)O)CC(=O)N1CC[C@@H]2OCCO[C@H]2C1. The average Bonchev–Trinajstić information content (AvgIpc) is 2.36. The van der Waals surface area contributed by atoms with Crippen LogP contribution in [0.15, 0.2) is 0 Å². The van der Waals surface area contributed by atoms with Gasteiger partial charge in [0, 0.05) is 19.5 Å². The van der Waals surface area contributed by atoms with Crippen LogP contribution in [0.4, 0.5) is 0 Å². The topological polar surface area (TPSA) is 76.1 Å². The highest BCUT2D eigenvalue weighted by Crippen LogP contribution is 2.28. The van der Waals surface area contributed by atoms with E-state index in [1.807, 2.05) is 13.8 Å². The standard InChI is InChI=1S/C14H23NO5/c1-14(2,8-13(17)18)7-12(16)15-4-3-10-11(9-15)20-6-5-19-10/h10-11H,3-9H2,1-2H3,(H,17,18)/t10-,11-/m0/s1. The average molecular weight is 285 g/mol. The summed E-state index contributed by atoms with van der Waals surface area (Å²) in [6.07, 6.45) is 1.09. The number of piperidine rings is 1. The number of hydrogen-bond acceptors (Lipinski definition) is 4. The summed E-state index contributed by atoms with van der Waals surface area (Å²) in [5, 5.41) is 8.87. The predicted molar refractivity (Wildman–Crippen MR) is 71.3 cm³/mol. The molecule has 2 fully saturated rings. The Hall–Kier alpha value is -1.14. The Labute approximate surface area is 119 Å². The van der Waals surface area contributed by atoms with Gasteiger partial charge in [0.1, 0.15) is 6.10 Å². The normalized spacial score (nSPS) is 27.0. The van der Waals surface area contributed by atoms with Crippen molar-refractivity contribution in [1.82, 2.24) is 4.90 Å². The second-order valence-electron chi connectivity index (χ2n) is 6.36. The maximum absolute atomic E-state index is 12.3. The van der Waals surface area contributed by atoms with Gasteiger partial charge in [-0.3, -0.25) is 9.59 Å². The van der Waals surface area contributed by atoms with Crippen molar-refractivity contribution in [3.8, 4) is 0 Å². The highest BCUT2D eigenvalue weighted by atomic mass is 16.6. The van der Waals surface area contributed by atoms with Gasteiger partial charge in [-0.05, 0) is 11.8 Å². The van der Waals surface area contributed by atoms with E-state index in [1.54, 1.807) is 4.90 Å². The van der Waals surface area contributed by atoms with Crippen LogP contribution >= 0.6 is 0 Å². The molecule has 0 bridgehead atoms. The Morgan fingerprint density at radius 2 is 1.85 bits per heavy atom. The summed E-state index contributed by atoms with van der Waals surface area (Å²) in [5.41, 5.74) is -0.524. The first kappa shape index (κ1) is 15.3. The lowest BCUT2D eigenvalue weighted by molar-refractivity contribution is -0.172. The van der Waals surface area contributed by atoms with E-state index in [9.17, 15) is 9.59 Å². The van der Waals surface area contributed by atoms with E-state index in [1.165, 1.54) is 0 Å². The van der Waals surface area contributed by atoms with E-state index in [0.717, 1.165) is 6.42 Å². The molecule has 0 radical (unpaired) electrons. The Morgan fingerprint density at radius 1 is 1.20 bits per heavy atom. The van der Waals surface area contributed by atoms with Crippen molar-refractivity contribution in [2.24, 2.45) is 5.41 Å². The summed E-state index contributed by atoms with van der Waals surface area (Å²) in [7, 11) is 0. The molecule has 2 saturated heterocycles. The Balaban J connectivity index is 1.88. The number of carbonyl (C=O) groups excluding carboxylic acids is 1. The fraction of sp³-hybridized carbons (Fsp3) is 0.857. The van der Waals surface area contributed by atoms with Crippen molar-refractivity contribution in [1.29, 1.82) is 0 Å². The van der Waals surface area contributed by atoms with E-state index in [2.05, 4.69) is 0 Å². The summed E-state index contributed by atoms with van der Waals surface area (Å²) in [6, 6.07) is 0. The zero-order valence-corrected chi connectivity index (χ0v) is 12.1. The minimum absolute atomic E-state index is 0.00174. The molecule has 1 amide bonds. The fourth-order valence-corrected chi connectivity index (χ4v) is 2.86. The number of carboxylic acids is 1. The first-order valence-corrected chi connectivity index (χ1v) is 7.10. The van der Waals surface area contributed by atoms with Gasteiger partial charge in [0.25, 0.3) is 0 Å². The third kappa shape index (κ3) is 3.93. The maximum Gasteiger partial charge on any atom is 0.303 e. The summed E-state index contributed by atoms with van der Waals surface area (Å²) >= 11 is 0. The van der Waals surface area contributed by atoms with Crippen LogP contribution in [0, 0.1) is 5.41 Å². The summed E-state index contributed by atoms with van der Waals surface area (Å²) in [4.78, 5) is 24.9. The molecule has 0 saturated carbocycles. The number of carboxylic acid groups (broad SMARTS) is 1. The first-order chi connectivity index (χ1) is 9.37. The molecular formula is C14H23NO5. The second-order valence-corrected chi connectivity index (χ2v) is 6.36. The van der Waals surface area contributed by atoms with E-state index in [-0.39, 0.29) is 31.0 Å². The predicted octanol–water partition coefficient (Wildman–Crippen LogP) is 0.894. The van der Waals surface area contributed by atoms with Crippen LogP contribution in [0.5, 0.6) is 0 Å². The van der Waals surface area contributed by atoms with Crippen LogP contribution in [0.3, 0.4) is 0 Å². The lowest BCUT2D eigenvalue weighted by Gasteiger charge is -2.41. The molecule has 0 aromatic heterocycles. The van der Waals surface area contributed by atoms with Crippen molar-refractivity contribution in [2.75, 3.05) is 26.3 Å².